The Hall–Kier alpha value is -2.27. The third-order valence-corrected chi connectivity index (χ3v) is 5.39. The number of aryl methyl sites for hydroxylation is 4. The normalized spacial score (nSPS) is 16.8. The second-order valence-corrected chi connectivity index (χ2v) is 7.26. The molecule has 26 heavy (non-hydrogen) atoms. The molecule has 0 saturated carbocycles. The van der Waals surface area contributed by atoms with Gasteiger partial charge in [0.2, 0.25) is 0 Å². The zero-order chi connectivity index (χ0) is 18.5. The average molecular weight is 355 g/mol. The van der Waals surface area contributed by atoms with Crippen LogP contribution in [0, 0.1) is 13.8 Å². The minimum Gasteiger partial charge on any atom is -0.344 e. The van der Waals surface area contributed by atoms with Crippen molar-refractivity contribution in [2.24, 2.45) is 0 Å². The molecular weight excluding hydrogens is 332 g/mol. The van der Waals surface area contributed by atoms with Gasteiger partial charge in [-0.15, -0.1) is 0 Å². The Bertz CT molecular complexity index is 958. The monoisotopic (exact) mass is 355 g/mol. The second-order valence-electron chi connectivity index (χ2n) is 7.26. The van der Waals surface area contributed by atoms with E-state index in [9.17, 15) is 8.78 Å². The minimum absolute atomic E-state index is 0.187. The topological polar surface area (TPSA) is 21.1 Å². The van der Waals surface area contributed by atoms with Crippen LogP contribution in [0.2, 0.25) is 0 Å². The number of likely N-dealkylation sites (N-methyl/N-ethyl adjacent to an activating group) is 1. The van der Waals surface area contributed by atoms with E-state index in [1.807, 2.05) is 44.3 Å². The summed E-state index contributed by atoms with van der Waals surface area (Å²) in [5.74, 6) is 0. The molecule has 1 aliphatic heterocycles. The van der Waals surface area contributed by atoms with Gasteiger partial charge < -0.3 is 4.57 Å². The maximum atomic E-state index is 15.0. The lowest BCUT2D eigenvalue weighted by Gasteiger charge is -2.33. The highest BCUT2D eigenvalue weighted by atomic mass is 19.3. The van der Waals surface area contributed by atoms with Gasteiger partial charge in [0.05, 0.1) is 5.56 Å². The Morgan fingerprint density at radius 2 is 1.96 bits per heavy atom. The number of rotatable bonds is 3. The van der Waals surface area contributed by atoms with Crippen molar-refractivity contribution in [3.05, 3.63) is 64.6 Å². The van der Waals surface area contributed by atoms with Gasteiger partial charge in [-0.05, 0) is 51.1 Å². The third-order valence-electron chi connectivity index (χ3n) is 5.39. The quantitative estimate of drug-likeness (QED) is 0.648. The number of fused-ring (bicyclic) bond motifs is 3. The molecule has 0 radical (unpaired) electrons. The number of halogens is 2. The number of alkyl halides is 2. The summed E-state index contributed by atoms with van der Waals surface area (Å²) in [5, 5.41) is 0.679. The highest BCUT2D eigenvalue weighted by Gasteiger charge is 2.45. The SMILES string of the molecule is Cc1ccc2c(c1)c1c(n2CCc2ccc(C)nc2)CCN(C)C1(F)F. The molecule has 0 spiro atoms. The van der Waals surface area contributed by atoms with Crippen LogP contribution in [0.15, 0.2) is 36.5 Å². The maximum Gasteiger partial charge on any atom is 0.333 e. The number of aromatic nitrogens is 2. The van der Waals surface area contributed by atoms with Gasteiger partial charge in [-0.25, -0.2) is 4.90 Å². The van der Waals surface area contributed by atoms with Crippen molar-refractivity contribution in [2.45, 2.75) is 39.3 Å². The van der Waals surface area contributed by atoms with Gasteiger partial charge in [-0.2, -0.15) is 8.78 Å². The number of pyridine rings is 1. The molecule has 0 N–H and O–H groups in total. The molecule has 136 valence electrons. The number of benzene rings is 1. The Morgan fingerprint density at radius 3 is 2.69 bits per heavy atom. The van der Waals surface area contributed by atoms with E-state index in [1.165, 1.54) is 7.05 Å². The predicted molar refractivity (Wildman–Crippen MR) is 99.6 cm³/mol. The Morgan fingerprint density at radius 1 is 1.15 bits per heavy atom. The molecule has 3 heterocycles. The lowest BCUT2D eigenvalue weighted by atomic mass is 10.0. The van der Waals surface area contributed by atoms with Crippen molar-refractivity contribution in [3.8, 4) is 0 Å². The first-order chi connectivity index (χ1) is 12.4. The number of hydrogen-bond acceptors (Lipinski definition) is 2. The van der Waals surface area contributed by atoms with Gasteiger partial charge in [-0.3, -0.25) is 4.98 Å². The van der Waals surface area contributed by atoms with E-state index in [0.29, 0.717) is 24.9 Å². The van der Waals surface area contributed by atoms with Crippen molar-refractivity contribution < 1.29 is 8.78 Å². The van der Waals surface area contributed by atoms with E-state index in [0.717, 1.165) is 39.4 Å². The van der Waals surface area contributed by atoms with Crippen LogP contribution >= 0.6 is 0 Å². The molecule has 0 unspecified atom stereocenters. The van der Waals surface area contributed by atoms with Crippen molar-refractivity contribution in [1.29, 1.82) is 0 Å². The molecule has 0 fully saturated rings. The van der Waals surface area contributed by atoms with E-state index in [2.05, 4.69) is 15.6 Å². The van der Waals surface area contributed by atoms with Crippen LogP contribution in [0.25, 0.3) is 10.9 Å². The summed E-state index contributed by atoms with van der Waals surface area (Å²) >= 11 is 0. The summed E-state index contributed by atoms with van der Waals surface area (Å²) < 4.78 is 32.0. The Balaban J connectivity index is 1.81. The van der Waals surface area contributed by atoms with Gasteiger partial charge in [0.15, 0.2) is 0 Å². The first kappa shape index (κ1) is 17.2. The molecule has 3 nitrogen and oxygen atoms in total. The van der Waals surface area contributed by atoms with Crippen LogP contribution in [0.4, 0.5) is 8.78 Å². The summed E-state index contributed by atoms with van der Waals surface area (Å²) in [7, 11) is 1.50. The molecule has 0 bridgehead atoms. The van der Waals surface area contributed by atoms with Gasteiger partial charge >= 0.3 is 6.05 Å². The third kappa shape index (κ3) is 2.71. The average Bonchev–Trinajstić information content (AvgIpc) is 2.92. The lowest BCUT2D eigenvalue weighted by molar-refractivity contribution is -0.148. The molecule has 0 atom stereocenters. The fourth-order valence-electron chi connectivity index (χ4n) is 3.86. The summed E-state index contributed by atoms with van der Waals surface area (Å²) in [6.45, 7) is 4.95. The molecule has 1 aliphatic rings. The van der Waals surface area contributed by atoms with Gasteiger partial charge in [0.25, 0.3) is 0 Å². The molecule has 2 aromatic heterocycles. The van der Waals surface area contributed by atoms with Gasteiger partial charge in [-0.1, -0.05) is 17.7 Å². The fraction of sp³-hybridized carbons (Fsp3) is 0.381. The molecule has 0 saturated heterocycles. The van der Waals surface area contributed by atoms with E-state index < -0.39 is 6.05 Å². The van der Waals surface area contributed by atoms with E-state index in [1.54, 1.807) is 0 Å². The molecule has 4 rings (SSSR count). The van der Waals surface area contributed by atoms with E-state index >= 15 is 0 Å². The molecule has 3 aromatic rings. The predicted octanol–water partition coefficient (Wildman–Crippen LogP) is 4.43. The maximum absolute atomic E-state index is 15.0. The highest BCUT2D eigenvalue weighted by molar-refractivity contribution is 5.87. The second kappa shape index (κ2) is 6.16. The van der Waals surface area contributed by atoms with Gasteiger partial charge in [0.1, 0.15) is 0 Å². The van der Waals surface area contributed by atoms with Crippen molar-refractivity contribution >= 4 is 10.9 Å². The lowest BCUT2D eigenvalue weighted by Crippen LogP contribution is -2.42. The summed E-state index contributed by atoms with van der Waals surface area (Å²) in [4.78, 5) is 5.50. The molecule has 1 aromatic carbocycles. The molecule has 5 heteroatoms. The zero-order valence-electron chi connectivity index (χ0n) is 15.4. The number of hydrogen-bond donors (Lipinski definition) is 0. The smallest absolute Gasteiger partial charge is 0.333 e. The van der Waals surface area contributed by atoms with Crippen molar-refractivity contribution in [2.75, 3.05) is 13.6 Å². The van der Waals surface area contributed by atoms with Crippen LogP contribution in [0.1, 0.15) is 28.1 Å². The van der Waals surface area contributed by atoms with E-state index in [4.69, 9.17) is 0 Å². The summed E-state index contributed by atoms with van der Waals surface area (Å²) in [6.07, 6.45) is 3.29. The van der Waals surface area contributed by atoms with Gasteiger partial charge in [0, 0.05) is 48.0 Å². The molecule has 0 amide bonds. The first-order valence-electron chi connectivity index (χ1n) is 9.00. The van der Waals surface area contributed by atoms with Crippen LogP contribution < -0.4 is 0 Å². The van der Waals surface area contributed by atoms with Crippen molar-refractivity contribution in [1.82, 2.24) is 14.5 Å². The Kier molecular flexibility index (Phi) is 4.07. The van der Waals surface area contributed by atoms with E-state index in [-0.39, 0.29) is 5.56 Å². The summed E-state index contributed by atoms with van der Waals surface area (Å²) in [5.41, 5.74) is 4.97. The minimum atomic E-state index is -2.93. The first-order valence-corrected chi connectivity index (χ1v) is 9.00. The van der Waals surface area contributed by atoms with Crippen LogP contribution in [0.5, 0.6) is 0 Å². The molecule has 0 aliphatic carbocycles. The fourth-order valence-corrected chi connectivity index (χ4v) is 3.86. The highest BCUT2D eigenvalue weighted by Crippen LogP contribution is 2.43. The van der Waals surface area contributed by atoms with Crippen LogP contribution in [-0.4, -0.2) is 28.0 Å². The van der Waals surface area contributed by atoms with Crippen molar-refractivity contribution in [3.63, 3.8) is 0 Å². The largest absolute Gasteiger partial charge is 0.344 e. The summed E-state index contributed by atoms with van der Waals surface area (Å²) in [6, 6.07) is 6.99. The molecular formula is C21H23F2N3. The Labute approximate surface area is 152 Å². The standard InChI is InChI=1S/C21H23F2N3/c1-14-4-7-18-17(12-14)20-19(9-10-25(3)21(20,22)23)26(18)11-8-16-6-5-15(2)24-13-16/h4-7,12-13H,8-11H2,1-3H3. The van der Waals surface area contributed by atoms with Crippen LogP contribution in [0.3, 0.4) is 0 Å². The zero-order valence-corrected chi connectivity index (χ0v) is 15.4. The van der Waals surface area contributed by atoms with Crippen LogP contribution in [-0.2, 0) is 25.4 Å². The number of nitrogens with zero attached hydrogens (tertiary/aromatic N) is 3.